The molecule has 3 aromatic carbocycles. The van der Waals surface area contributed by atoms with Crippen LogP contribution >= 0.6 is 24.8 Å². The number of piperazine rings is 1. The third kappa shape index (κ3) is 7.12. The SMILES string of the molecule is CCC(C)[C@H](c1ccc(Oc2ccccc2)c(Oc2ccccc2)c1)N1CCNCC1.Cl.Cl. The lowest BCUT2D eigenvalue weighted by Gasteiger charge is -2.38. The molecular formula is C27H34Cl2N2O2. The maximum atomic E-state index is 6.32. The second-order valence-corrected chi connectivity index (χ2v) is 8.15. The van der Waals surface area contributed by atoms with E-state index in [0.29, 0.717) is 12.0 Å². The van der Waals surface area contributed by atoms with Gasteiger partial charge in [0.25, 0.3) is 0 Å². The smallest absolute Gasteiger partial charge is 0.170 e. The summed E-state index contributed by atoms with van der Waals surface area (Å²) >= 11 is 0. The van der Waals surface area contributed by atoms with Crippen LogP contribution in [-0.2, 0) is 0 Å². The zero-order valence-electron chi connectivity index (χ0n) is 19.3. The molecule has 1 unspecified atom stereocenters. The van der Waals surface area contributed by atoms with Gasteiger partial charge in [-0.1, -0.05) is 62.7 Å². The summed E-state index contributed by atoms with van der Waals surface area (Å²) in [5, 5.41) is 3.47. The van der Waals surface area contributed by atoms with Crippen LogP contribution in [0.1, 0.15) is 31.9 Å². The molecule has 3 aromatic rings. The first-order chi connectivity index (χ1) is 15.2. The molecule has 0 radical (unpaired) electrons. The van der Waals surface area contributed by atoms with E-state index in [2.05, 4.69) is 42.3 Å². The number of rotatable bonds is 8. The molecule has 33 heavy (non-hydrogen) atoms. The number of nitrogens with zero attached hydrogens (tertiary/aromatic N) is 1. The van der Waals surface area contributed by atoms with Crippen molar-refractivity contribution in [3.05, 3.63) is 84.4 Å². The summed E-state index contributed by atoms with van der Waals surface area (Å²) in [4.78, 5) is 2.60. The first-order valence-corrected chi connectivity index (χ1v) is 11.3. The van der Waals surface area contributed by atoms with Crippen molar-refractivity contribution in [2.24, 2.45) is 5.92 Å². The third-order valence-electron chi connectivity index (χ3n) is 5.98. The molecule has 178 valence electrons. The number of para-hydroxylation sites is 2. The molecule has 1 aliphatic heterocycles. The second kappa shape index (κ2) is 13.5. The van der Waals surface area contributed by atoms with Crippen LogP contribution in [0.5, 0.6) is 23.0 Å². The number of benzene rings is 3. The average molecular weight is 489 g/mol. The monoisotopic (exact) mass is 488 g/mol. The van der Waals surface area contributed by atoms with E-state index >= 15 is 0 Å². The molecule has 4 rings (SSSR count). The van der Waals surface area contributed by atoms with Crippen LogP contribution in [0.3, 0.4) is 0 Å². The fourth-order valence-corrected chi connectivity index (χ4v) is 4.19. The Kier molecular flexibility index (Phi) is 11.0. The van der Waals surface area contributed by atoms with Gasteiger partial charge >= 0.3 is 0 Å². The fourth-order valence-electron chi connectivity index (χ4n) is 4.19. The third-order valence-corrected chi connectivity index (χ3v) is 5.98. The van der Waals surface area contributed by atoms with Crippen molar-refractivity contribution in [3.63, 3.8) is 0 Å². The summed E-state index contributed by atoms with van der Waals surface area (Å²) < 4.78 is 12.5. The zero-order valence-corrected chi connectivity index (χ0v) is 20.9. The Balaban J connectivity index is 0.00000193. The number of ether oxygens (including phenoxy) is 2. The van der Waals surface area contributed by atoms with E-state index < -0.39 is 0 Å². The molecule has 0 saturated carbocycles. The average Bonchev–Trinajstić information content (AvgIpc) is 2.83. The molecule has 4 nitrogen and oxygen atoms in total. The van der Waals surface area contributed by atoms with Gasteiger partial charge < -0.3 is 14.8 Å². The molecule has 1 heterocycles. The molecular weight excluding hydrogens is 455 g/mol. The minimum atomic E-state index is 0. The lowest BCUT2D eigenvalue weighted by atomic mass is 9.90. The number of nitrogens with one attached hydrogen (secondary N) is 1. The van der Waals surface area contributed by atoms with Crippen molar-refractivity contribution in [1.82, 2.24) is 10.2 Å². The first-order valence-electron chi connectivity index (χ1n) is 11.3. The summed E-state index contributed by atoms with van der Waals surface area (Å²) in [7, 11) is 0. The molecule has 0 aromatic heterocycles. The summed E-state index contributed by atoms with van der Waals surface area (Å²) in [6.45, 7) is 8.82. The lowest BCUT2D eigenvalue weighted by molar-refractivity contribution is 0.128. The minimum absolute atomic E-state index is 0. The van der Waals surface area contributed by atoms with Crippen molar-refractivity contribution >= 4 is 24.8 Å². The largest absolute Gasteiger partial charge is 0.453 e. The predicted octanol–water partition coefficient (Wildman–Crippen LogP) is 7.11. The van der Waals surface area contributed by atoms with Crippen molar-refractivity contribution < 1.29 is 9.47 Å². The first kappa shape index (κ1) is 27.0. The maximum Gasteiger partial charge on any atom is 0.170 e. The Morgan fingerprint density at radius 3 is 1.88 bits per heavy atom. The molecule has 0 bridgehead atoms. The van der Waals surface area contributed by atoms with Crippen LogP contribution in [-0.4, -0.2) is 31.1 Å². The van der Waals surface area contributed by atoms with Crippen LogP contribution in [0.25, 0.3) is 0 Å². The molecule has 1 saturated heterocycles. The molecule has 1 fully saturated rings. The van der Waals surface area contributed by atoms with E-state index in [0.717, 1.165) is 55.6 Å². The minimum Gasteiger partial charge on any atom is -0.453 e. The Hall–Kier alpha value is -2.24. The van der Waals surface area contributed by atoms with E-state index in [1.165, 1.54) is 5.56 Å². The van der Waals surface area contributed by atoms with Crippen LogP contribution in [0.2, 0.25) is 0 Å². The Labute approximate surface area is 210 Å². The van der Waals surface area contributed by atoms with Crippen LogP contribution in [0.15, 0.2) is 78.9 Å². The van der Waals surface area contributed by atoms with Gasteiger partial charge in [0.05, 0.1) is 0 Å². The Morgan fingerprint density at radius 1 is 0.788 bits per heavy atom. The number of halogens is 2. The summed E-state index contributed by atoms with van der Waals surface area (Å²) in [5.74, 6) is 3.62. The van der Waals surface area contributed by atoms with Crippen LogP contribution in [0.4, 0.5) is 0 Å². The van der Waals surface area contributed by atoms with Crippen molar-refractivity contribution in [1.29, 1.82) is 0 Å². The fraction of sp³-hybridized carbons (Fsp3) is 0.333. The highest BCUT2D eigenvalue weighted by molar-refractivity contribution is 5.85. The van der Waals surface area contributed by atoms with Crippen LogP contribution < -0.4 is 14.8 Å². The molecule has 0 aliphatic carbocycles. The van der Waals surface area contributed by atoms with Gasteiger partial charge in [0.15, 0.2) is 11.5 Å². The Bertz CT molecular complexity index is 951. The van der Waals surface area contributed by atoms with Crippen LogP contribution in [0, 0.1) is 5.92 Å². The lowest BCUT2D eigenvalue weighted by Crippen LogP contribution is -2.46. The van der Waals surface area contributed by atoms with E-state index in [1.54, 1.807) is 0 Å². The van der Waals surface area contributed by atoms with Gasteiger partial charge in [-0.05, 0) is 47.9 Å². The molecule has 1 N–H and O–H groups in total. The van der Waals surface area contributed by atoms with Gasteiger partial charge in [0.2, 0.25) is 0 Å². The molecule has 0 spiro atoms. The number of hydrogen-bond donors (Lipinski definition) is 1. The molecule has 0 amide bonds. The quantitative estimate of drug-likeness (QED) is 0.366. The highest BCUT2D eigenvalue weighted by Crippen LogP contribution is 2.40. The topological polar surface area (TPSA) is 33.7 Å². The summed E-state index contributed by atoms with van der Waals surface area (Å²) in [5.41, 5.74) is 1.28. The van der Waals surface area contributed by atoms with Gasteiger partial charge in [-0.15, -0.1) is 24.8 Å². The molecule has 2 atom stereocenters. The second-order valence-electron chi connectivity index (χ2n) is 8.15. The summed E-state index contributed by atoms with van der Waals surface area (Å²) in [6, 6.07) is 26.6. The van der Waals surface area contributed by atoms with Crippen molar-refractivity contribution in [3.8, 4) is 23.0 Å². The van der Waals surface area contributed by atoms with Gasteiger partial charge in [-0.3, -0.25) is 4.90 Å². The van der Waals surface area contributed by atoms with Gasteiger partial charge in [-0.25, -0.2) is 0 Å². The van der Waals surface area contributed by atoms with Gasteiger partial charge in [0, 0.05) is 32.2 Å². The predicted molar refractivity (Wildman–Crippen MR) is 141 cm³/mol. The molecule has 6 heteroatoms. The zero-order chi connectivity index (χ0) is 21.5. The van der Waals surface area contributed by atoms with Gasteiger partial charge in [-0.2, -0.15) is 0 Å². The van der Waals surface area contributed by atoms with Crippen molar-refractivity contribution in [2.45, 2.75) is 26.3 Å². The summed E-state index contributed by atoms with van der Waals surface area (Å²) in [6.07, 6.45) is 1.13. The van der Waals surface area contributed by atoms with E-state index in [-0.39, 0.29) is 24.8 Å². The van der Waals surface area contributed by atoms with E-state index in [9.17, 15) is 0 Å². The van der Waals surface area contributed by atoms with E-state index in [1.807, 2.05) is 60.7 Å². The van der Waals surface area contributed by atoms with E-state index in [4.69, 9.17) is 9.47 Å². The highest BCUT2D eigenvalue weighted by atomic mass is 35.5. The Morgan fingerprint density at radius 2 is 1.33 bits per heavy atom. The van der Waals surface area contributed by atoms with Crippen molar-refractivity contribution in [2.75, 3.05) is 26.2 Å². The normalized spacial score (nSPS) is 15.5. The number of hydrogen-bond acceptors (Lipinski definition) is 4. The molecule has 1 aliphatic rings. The maximum absolute atomic E-state index is 6.32. The highest BCUT2D eigenvalue weighted by Gasteiger charge is 2.27. The standard InChI is InChI=1S/C27H32N2O2.2ClH/c1-3-21(2)27(29-18-16-28-17-19-29)22-14-15-25(30-23-10-6-4-7-11-23)26(20-22)31-24-12-8-5-9-13-24;;/h4-15,20-21,27-28H,3,16-19H2,1-2H3;2*1H/t21?,27-;;/m1../s1. The van der Waals surface area contributed by atoms with Gasteiger partial charge in [0.1, 0.15) is 11.5 Å².